The summed E-state index contributed by atoms with van der Waals surface area (Å²) in [5, 5.41) is 21.8. The second-order valence-electron chi connectivity index (χ2n) is 5.99. The maximum atomic E-state index is 12.7. The molecule has 0 spiro atoms. The number of aliphatic hydroxyl groups is 2. The van der Waals surface area contributed by atoms with Crippen LogP contribution in [-0.2, 0) is 15.3 Å². The van der Waals surface area contributed by atoms with Crippen LogP contribution in [0.25, 0.3) is 0 Å². The molecule has 0 aromatic heterocycles. The van der Waals surface area contributed by atoms with E-state index >= 15 is 0 Å². The van der Waals surface area contributed by atoms with E-state index in [4.69, 9.17) is 4.74 Å². The predicted octanol–water partition coefficient (Wildman–Crippen LogP) is 0.801. The number of carbonyl (C=O) groups is 2. The monoisotopic (exact) mass is 303 g/mol. The molecule has 1 aliphatic heterocycles. The van der Waals surface area contributed by atoms with Crippen LogP contribution >= 0.6 is 0 Å². The Morgan fingerprint density at radius 1 is 1.32 bits per heavy atom. The minimum absolute atomic E-state index is 0.172. The van der Waals surface area contributed by atoms with Gasteiger partial charge in [0, 0.05) is 16.8 Å². The largest absolute Gasteiger partial charge is 0.462 e. The summed E-state index contributed by atoms with van der Waals surface area (Å²) in [6.45, 7) is 4.83. The van der Waals surface area contributed by atoms with Crippen molar-refractivity contribution in [3.8, 4) is 0 Å². The number of hydrogen-bond donors (Lipinski definition) is 2. The Morgan fingerprint density at radius 3 is 2.59 bits per heavy atom. The van der Waals surface area contributed by atoms with Crippen molar-refractivity contribution in [2.45, 2.75) is 38.2 Å². The number of Topliss-reactive ketones (excluding diaryl/α,β-unsaturated/α-hetero) is 1. The molecular formula is C16H17NO5. The van der Waals surface area contributed by atoms with Crippen molar-refractivity contribution >= 4 is 17.5 Å². The SMILES string of the molecule is CC1=N[C@]2(O)c3ccccc3C(=O)[C@]2(O)C1C(=O)OC(C)C. The number of ketones is 1. The first-order chi connectivity index (χ1) is 10.2. The molecule has 0 amide bonds. The summed E-state index contributed by atoms with van der Waals surface area (Å²) in [7, 11) is 0. The Bertz CT molecular complexity index is 710. The van der Waals surface area contributed by atoms with E-state index in [1.54, 1.807) is 26.0 Å². The highest BCUT2D eigenvalue weighted by Gasteiger charge is 2.72. The van der Waals surface area contributed by atoms with E-state index in [0.717, 1.165) is 0 Å². The van der Waals surface area contributed by atoms with Crippen molar-refractivity contribution in [1.29, 1.82) is 0 Å². The maximum Gasteiger partial charge on any atom is 0.318 e. The van der Waals surface area contributed by atoms with Gasteiger partial charge in [-0.15, -0.1) is 0 Å². The Labute approximate surface area is 127 Å². The molecule has 1 unspecified atom stereocenters. The Hall–Kier alpha value is -2.05. The summed E-state index contributed by atoms with van der Waals surface area (Å²) < 4.78 is 5.13. The Morgan fingerprint density at radius 2 is 1.95 bits per heavy atom. The number of fused-ring (bicyclic) bond motifs is 3. The second-order valence-corrected chi connectivity index (χ2v) is 5.99. The number of hydrogen-bond acceptors (Lipinski definition) is 6. The molecular weight excluding hydrogens is 286 g/mol. The van der Waals surface area contributed by atoms with Crippen LogP contribution in [0.3, 0.4) is 0 Å². The van der Waals surface area contributed by atoms with E-state index in [-0.39, 0.29) is 16.8 Å². The van der Waals surface area contributed by atoms with Crippen LogP contribution in [0.15, 0.2) is 29.3 Å². The van der Waals surface area contributed by atoms with Gasteiger partial charge in [-0.1, -0.05) is 24.3 Å². The van der Waals surface area contributed by atoms with Gasteiger partial charge in [0.2, 0.25) is 11.5 Å². The summed E-state index contributed by atoms with van der Waals surface area (Å²) in [6.07, 6.45) is -0.406. The van der Waals surface area contributed by atoms with E-state index in [0.29, 0.717) is 0 Å². The lowest BCUT2D eigenvalue weighted by atomic mass is 9.79. The number of ether oxygens (including phenoxy) is 1. The van der Waals surface area contributed by atoms with Gasteiger partial charge in [0.05, 0.1) is 6.10 Å². The normalized spacial score (nSPS) is 32.7. The molecule has 2 aliphatic rings. The van der Waals surface area contributed by atoms with Crippen molar-refractivity contribution in [2.75, 3.05) is 0 Å². The predicted molar refractivity (Wildman–Crippen MR) is 77.4 cm³/mol. The number of rotatable bonds is 2. The van der Waals surface area contributed by atoms with Crippen molar-refractivity contribution in [3.63, 3.8) is 0 Å². The average molecular weight is 303 g/mol. The third-order valence-electron chi connectivity index (χ3n) is 4.19. The number of aliphatic imine (C=N–C) groups is 1. The number of carbonyl (C=O) groups excluding carboxylic acids is 2. The summed E-state index contributed by atoms with van der Waals surface area (Å²) in [5.41, 5.74) is -3.94. The van der Waals surface area contributed by atoms with E-state index < -0.39 is 35.1 Å². The Balaban J connectivity index is 2.16. The first-order valence-corrected chi connectivity index (χ1v) is 7.09. The zero-order valence-electron chi connectivity index (χ0n) is 12.5. The zero-order chi connectivity index (χ0) is 16.3. The fourth-order valence-corrected chi connectivity index (χ4v) is 3.30. The lowest BCUT2D eigenvalue weighted by Gasteiger charge is -2.32. The average Bonchev–Trinajstić information content (AvgIpc) is 2.74. The van der Waals surface area contributed by atoms with Gasteiger partial charge in [-0.25, -0.2) is 0 Å². The minimum atomic E-state index is -2.35. The van der Waals surface area contributed by atoms with Gasteiger partial charge in [0.1, 0.15) is 5.92 Å². The van der Waals surface area contributed by atoms with Gasteiger partial charge in [-0.05, 0) is 20.8 Å². The standard InChI is InChI=1S/C16H17NO5/c1-8(2)22-14(19)12-9(3)17-16(21)11-7-5-4-6-10(11)13(18)15(12,16)20/h4-8,12,20-21H,1-3H3/t12?,15-,16+/m1/s1. The van der Waals surface area contributed by atoms with Crippen molar-refractivity contribution in [2.24, 2.45) is 10.9 Å². The number of benzene rings is 1. The highest BCUT2D eigenvalue weighted by molar-refractivity contribution is 6.18. The highest BCUT2D eigenvalue weighted by atomic mass is 16.5. The van der Waals surface area contributed by atoms with E-state index in [2.05, 4.69) is 4.99 Å². The third kappa shape index (κ3) is 1.59. The first-order valence-electron chi connectivity index (χ1n) is 7.09. The molecule has 116 valence electrons. The van der Waals surface area contributed by atoms with Crippen molar-refractivity contribution in [1.82, 2.24) is 0 Å². The molecule has 1 aromatic carbocycles. The summed E-state index contributed by atoms with van der Waals surface area (Å²) in [6, 6.07) is 6.29. The van der Waals surface area contributed by atoms with Crippen LogP contribution in [0.1, 0.15) is 36.7 Å². The summed E-state index contributed by atoms with van der Waals surface area (Å²) >= 11 is 0. The third-order valence-corrected chi connectivity index (χ3v) is 4.19. The molecule has 0 saturated heterocycles. The topological polar surface area (TPSA) is 96.2 Å². The van der Waals surface area contributed by atoms with Gasteiger partial charge < -0.3 is 14.9 Å². The molecule has 2 N–H and O–H groups in total. The number of nitrogens with zero attached hydrogens (tertiary/aromatic N) is 1. The molecule has 6 nitrogen and oxygen atoms in total. The molecule has 1 aromatic rings. The maximum absolute atomic E-state index is 12.7. The van der Waals surface area contributed by atoms with Gasteiger partial charge in [-0.3, -0.25) is 14.6 Å². The van der Waals surface area contributed by atoms with E-state index in [1.165, 1.54) is 19.1 Å². The van der Waals surface area contributed by atoms with Crippen LogP contribution in [-0.4, -0.2) is 39.4 Å². The zero-order valence-corrected chi connectivity index (χ0v) is 12.5. The van der Waals surface area contributed by atoms with Gasteiger partial charge in [-0.2, -0.15) is 0 Å². The van der Waals surface area contributed by atoms with Crippen LogP contribution in [0.4, 0.5) is 0 Å². The van der Waals surface area contributed by atoms with Crippen LogP contribution in [0.2, 0.25) is 0 Å². The van der Waals surface area contributed by atoms with E-state index in [9.17, 15) is 19.8 Å². The molecule has 0 fully saturated rings. The molecule has 22 heavy (non-hydrogen) atoms. The quantitative estimate of drug-likeness (QED) is 0.788. The van der Waals surface area contributed by atoms with Crippen molar-refractivity contribution in [3.05, 3.63) is 35.4 Å². The Kier molecular flexibility index (Phi) is 3.02. The van der Waals surface area contributed by atoms with Gasteiger partial charge in [0.15, 0.2) is 5.60 Å². The molecule has 1 heterocycles. The minimum Gasteiger partial charge on any atom is -0.462 e. The first kappa shape index (κ1) is 14.9. The smallest absolute Gasteiger partial charge is 0.318 e. The fourth-order valence-electron chi connectivity index (χ4n) is 3.30. The molecule has 0 bridgehead atoms. The van der Waals surface area contributed by atoms with Crippen LogP contribution in [0, 0.1) is 5.92 Å². The fraction of sp³-hybridized carbons (Fsp3) is 0.438. The van der Waals surface area contributed by atoms with E-state index in [1.807, 2.05) is 0 Å². The lowest BCUT2D eigenvalue weighted by molar-refractivity contribution is -0.168. The molecule has 1 aliphatic carbocycles. The van der Waals surface area contributed by atoms with Gasteiger partial charge >= 0.3 is 5.97 Å². The lowest BCUT2D eigenvalue weighted by Crippen LogP contribution is -2.56. The van der Waals surface area contributed by atoms with Crippen molar-refractivity contribution < 1.29 is 24.5 Å². The van der Waals surface area contributed by atoms with Crippen LogP contribution < -0.4 is 0 Å². The summed E-state index contributed by atoms with van der Waals surface area (Å²) in [5.74, 6) is -2.80. The highest BCUT2D eigenvalue weighted by Crippen LogP contribution is 2.53. The summed E-state index contributed by atoms with van der Waals surface area (Å²) in [4.78, 5) is 29.0. The second kappa shape index (κ2) is 4.47. The molecule has 3 atom stereocenters. The molecule has 6 heteroatoms. The van der Waals surface area contributed by atoms with Gasteiger partial charge in [0.25, 0.3) is 0 Å². The number of esters is 1. The molecule has 0 radical (unpaired) electrons. The molecule has 3 rings (SSSR count). The van der Waals surface area contributed by atoms with Crippen LogP contribution in [0.5, 0.6) is 0 Å². The molecule has 0 saturated carbocycles.